The predicted molar refractivity (Wildman–Crippen MR) is 78.0 cm³/mol. The molecule has 0 unspecified atom stereocenters. The van der Waals surface area contributed by atoms with Gasteiger partial charge in [-0.2, -0.15) is 5.10 Å². The Balaban J connectivity index is 1.60. The third kappa shape index (κ3) is 2.92. The van der Waals surface area contributed by atoms with E-state index < -0.39 is 0 Å². The Labute approximate surface area is 124 Å². The van der Waals surface area contributed by atoms with Crippen molar-refractivity contribution < 1.29 is 9.18 Å². The lowest BCUT2D eigenvalue weighted by Gasteiger charge is -2.04. The fourth-order valence-electron chi connectivity index (χ4n) is 2.00. The Hall–Kier alpha value is -2.28. The highest BCUT2D eigenvalue weighted by molar-refractivity contribution is 7.15. The average Bonchev–Trinajstić information content (AvgIpc) is 2.99. The Morgan fingerprint density at radius 2 is 2.14 bits per heavy atom. The molecule has 1 N–H and O–H groups in total. The molecule has 5 nitrogen and oxygen atoms in total. The molecule has 0 atom stereocenters. The second-order valence-electron chi connectivity index (χ2n) is 4.59. The number of benzene rings is 1. The van der Waals surface area contributed by atoms with Gasteiger partial charge in [-0.25, -0.2) is 13.9 Å². The number of thiazole rings is 1. The molecule has 0 aliphatic rings. The van der Waals surface area contributed by atoms with Gasteiger partial charge in [-0.05, 0) is 31.2 Å². The van der Waals surface area contributed by atoms with Crippen molar-refractivity contribution in [2.24, 2.45) is 0 Å². The zero-order valence-electron chi connectivity index (χ0n) is 11.3. The van der Waals surface area contributed by atoms with Crippen molar-refractivity contribution in [2.45, 2.75) is 13.3 Å². The van der Waals surface area contributed by atoms with E-state index in [1.165, 1.54) is 35.6 Å². The number of fused-ring (bicyclic) bond motifs is 1. The number of carbonyl (C=O) groups is 1. The van der Waals surface area contributed by atoms with Crippen molar-refractivity contribution >= 4 is 22.2 Å². The molecule has 0 bridgehead atoms. The van der Waals surface area contributed by atoms with Crippen LogP contribution in [0.1, 0.15) is 21.9 Å². The van der Waals surface area contributed by atoms with E-state index in [0.717, 1.165) is 16.5 Å². The minimum absolute atomic E-state index is 0.212. The molecule has 0 spiro atoms. The molecule has 0 saturated heterocycles. The summed E-state index contributed by atoms with van der Waals surface area (Å²) in [6, 6.07) is 5.48. The van der Waals surface area contributed by atoms with Crippen LogP contribution in [-0.4, -0.2) is 27.0 Å². The highest BCUT2D eigenvalue weighted by atomic mass is 32.1. The number of aryl methyl sites for hydroxylation is 1. The van der Waals surface area contributed by atoms with Gasteiger partial charge in [-0.3, -0.25) is 4.79 Å². The SMILES string of the molecule is Cc1nc2scc(CCNC(=O)c3ccc(F)cc3)n2n1. The van der Waals surface area contributed by atoms with Gasteiger partial charge in [0.25, 0.3) is 5.91 Å². The summed E-state index contributed by atoms with van der Waals surface area (Å²) in [5, 5.41) is 9.10. The molecular weight excluding hydrogens is 291 g/mol. The molecule has 0 fully saturated rings. The number of nitrogens with one attached hydrogen (secondary N) is 1. The molecule has 3 rings (SSSR count). The summed E-state index contributed by atoms with van der Waals surface area (Å²) in [6.07, 6.45) is 0.662. The monoisotopic (exact) mass is 304 g/mol. The van der Waals surface area contributed by atoms with Crippen LogP contribution in [0.2, 0.25) is 0 Å². The van der Waals surface area contributed by atoms with Crippen LogP contribution in [0.3, 0.4) is 0 Å². The number of aromatic nitrogens is 3. The second-order valence-corrected chi connectivity index (χ2v) is 5.43. The number of halogens is 1. The van der Waals surface area contributed by atoms with Gasteiger partial charge >= 0.3 is 0 Å². The van der Waals surface area contributed by atoms with Crippen molar-refractivity contribution in [3.8, 4) is 0 Å². The van der Waals surface area contributed by atoms with Gasteiger partial charge in [0.15, 0.2) is 0 Å². The van der Waals surface area contributed by atoms with E-state index in [-0.39, 0.29) is 11.7 Å². The van der Waals surface area contributed by atoms with Crippen molar-refractivity contribution in [1.29, 1.82) is 0 Å². The third-order valence-electron chi connectivity index (χ3n) is 3.03. The quantitative estimate of drug-likeness (QED) is 0.804. The van der Waals surface area contributed by atoms with E-state index >= 15 is 0 Å². The van der Waals surface area contributed by atoms with Gasteiger partial charge in [0.2, 0.25) is 4.96 Å². The molecule has 0 aliphatic heterocycles. The summed E-state index contributed by atoms with van der Waals surface area (Å²) in [6.45, 7) is 2.33. The van der Waals surface area contributed by atoms with Crippen molar-refractivity contribution in [2.75, 3.05) is 6.54 Å². The fraction of sp³-hybridized carbons (Fsp3) is 0.214. The topological polar surface area (TPSA) is 59.3 Å². The first-order valence-corrected chi connectivity index (χ1v) is 7.35. The highest BCUT2D eigenvalue weighted by Crippen LogP contribution is 2.14. The molecule has 0 saturated carbocycles. The minimum atomic E-state index is -0.353. The van der Waals surface area contributed by atoms with E-state index in [9.17, 15) is 9.18 Å². The van der Waals surface area contributed by atoms with Crippen LogP contribution in [0, 0.1) is 12.7 Å². The zero-order valence-corrected chi connectivity index (χ0v) is 12.2. The Morgan fingerprint density at radius 3 is 2.90 bits per heavy atom. The maximum atomic E-state index is 12.8. The molecule has 108 valence electrons. The predicted octanol–water partition coefficient (Wildman–Crippen LogP) is 2.21. The van der Waals surface area contributed by atoms with E-state index in [4.69, 9.17) is 0 Å². The number of hydrogen-bond acceptors (Lipinski definition) is 4. The lowest BCUT2D eigenvalue weighted by atomic mass is 10.2. The lowest BCUT2D eigenvalue weighted by molar-refractivity contribution is 0.0954. The van der Waals surface area contributed by atoms with E-state index in [0.29, 0.717) is 18.5 Å². The standard InChI is InChI=1S/C14H13FN4OS/c1-9-17-14-19(18-9)12(8-21-14)6-7-16-13(20)10-2-4-11(15)5-3-10/h2-5,8H,6-7H2,1H3,(H,16,20). The van der Waals surface area contributed by atoms with E-state index in [1.54, 1.807) is 4.52 Å². The first kappa shape index (κ1) is 13.7. The van der Waals surface area contributed by atoms with Gasteiger partial charge in [-0.1, -0.05) is 0 Å². The van der Waals surface area contributed by atoms with Crippen LogP contribution in [0.15, 0.2) is 29.6 Å². The Bertz CT molecular complexity index is 778. The number of carbonyl (C=O) groups excluding carboxylic acids is 1. The first-order valence-electron chi connectivity index (χ1n) is 6.47. The molecule has 1 aromatic carbocycles. The van der Waals surface area contributed by atoms with Gasteiger partial charge < -0.3 is 5.32 Å². The summed E-state index contributed by atoms with van der Waals surface area (Å²) in [7, 11) is 0. The molecule has 0 aliphatic carbocycles. The Morgan fingerprint density at radius 1 is 1.38 bits per heavy atom. The molecule has 3 aromatic rings. The van der Waals surface area contributed by atoms with Crippen LogP contribution in [-0.2, 0) is 6.42 Å². The molecule has 1 amide bonds. The smallest absolute Gasteiger partial charge is 0.251 e. The summed E-state index contributed by atoms with van der Waals surface area (Å²) in [5.74, 6) is 0.170. The first-order chi connectivity index (χ1) is 10.1. The number of nitrogens with zero attached hydrogens (tertiary/aromatic N) is 3. The maximum absolute atomic E-state index is 12.8. The van der Waals surface area contributed by atoms with Crippen molar-refractivity contribution in [3.63, 3.8) is 0 Å². The summed E-state index contributed by atoms with van der Waals surface area (Å²) in [5.41, 5.74) is 1.46. The van der Waals surface area contributed by atoms with Crippen LogP contribution >= 0.6 is 11.3 Å². The molecule has 2 heterocycles. The van der Waals surface area contributed by atoms with E-state index in [1.807, 2.05) is 12.3 Å². The van der Waals surface area contributed by atoms with Gasteiger partial charge in [0.05, 0.1) is 5.69 Å². The van der Waals surface area contributed by atoms with Crippen molar-refractivity contribution in [3.05, 3.63) is 52.5 Å². The molecular formula is C14H13FN4OS. The van der Waals surface area contributed by atoms with Crippen LogP contribution in [0.4, 0.5) is 4.39 Å². The molecule has 7 heteroatoms. The number of rotatable bonds is 4. The van der Waals surface area contributed by atoms with Gasteiger partial charge in [0, 0.05) is 23.9 Å². The van der Waals surface area contributed by atoms with E-state index in [2.05, 4.69) is 15.4 Å². The number of amides is 1. The summed E-state index contributed by atoms with van der Waals surface area (Å²) in [4.78, 5) is 17.0. The maximum Gasteiger partial charge on any atom is 0.251 e. The number of hydrogen-bond donors (Lipinski definition) is 1. The largest absolute Gasteiger partial charge is 0.352 e. The van der Waals surface area contributed by atoms with Crippen LogP contribution < -0.4 is 5.32 Å². The third-order valence-corrected chi connectivity index (χ3v) is 3.89. The molecule has 0 radical (unpaired) electrons. The Kier molecular flexibility index (Phi) is 3.66. The average molecular weight is 304 g/mol. The minimum Gasteiger partial charge on any atom is -0.352 e. The zero-order chi connectivity index (χ0) is 14.8. The van der Waals surface area contributed by atoms with Gasteiger partial charge in [-0.15, -0.1) is 11.3 Å². The normalized spacial score (nSPS) is 11.0. The second kappa shape index (κ2) is 5.61. The summed E-state index contributed by atoms with van der Waals surface area (Å²) >= 11 is 1.53. The van der Waals surface area contributed by atoms with Gasteiger partial charge in [0.1, 0.15) is 11.6 Å². The highest BCUT2D eigenvalue weighted by Gasteiger charge is 2.09. The molecule has 21 heavy (non-hydrogen) atoms. The fourth-order valence-corrected chi connectivity index (χ4v) is 2.90. The van der Waals surface area contributed by atoms with Crippen LogP contribution in [0.25, 0.3) is 4.96 Å². The van der Waals surface area contributed by atoms with Crippen molar-refractivity contribution in [1.82, 2.24) is 19.9 Å². The van der Waals surface area contributed by atoms with Crippen LogP contribution in [0.5, 0.6) is 0 Å². The molecule has 2 aromatic heterocycles. The lowest BCUT2D eigenvalue weighted by Crippen LogP contribution is -2.26. The summed E-state index contributed by atoms with van der Waals surface area (Å²) < 4.78 is 14.6.